The third kappa shape index (κ3) is 3.26. The first kappa shape index (κ1) is 16.1. The maximum atomic E-state index is 13.1. The third-order valence-corrected chi connectivity index (χ3v) is 5.32. The van der Waals surface area contributed by atoms with Crippen LogP contribution in [0, 0.1) is 13.8 Å². The minimum atomic E-state index is 0.149. The van der Waals surface area contributed by atoms with Gasteiger partial charge in [-0.05, 0) is 44.9 Å². The second-order valence-electron chi connectivity index (χ2n) is 7.35. The molecule has 2 unspecified atom stereocenters. The molecular weight excluding hydrogens is 312 g/mol. The van der Waals surface area contributed by atoms with Gasteiger partial charge >= 0.3 is 0 Å². The van der Waals surface area contributed by atoms with Crippen LogP contribution in [0.3, 0.4) is 0 Å². The molecule has 2 bridgehead atoms. The Bertz CT molecular complexity index is 740. The first-order valence-corrected chi connectivity index (χ1v) is 9.09. The van der Waals surface area contributed by atoms with Crippen LogP contribution in [0.4, 0.5) is 0 Å². The fraction of sp³-hybridized carbons (Fsp3) is 0.429. The van der Waals surface area contributed by atoms with Crippen LogP contribution in [-0.2, 0) is 0 Å². The maximum absolute atomic E-state index is 13.1. The van der Waals surface area contributed by atoms with Crippen molar-refractivity contribution in [2.75, 3.05) is 0 Å². The predicted molar refractivity (Wildman–Crippen MR) is 96.8 cm³/mol. The zero-order chi connectivity index (χ0) is 17.4. The van der Waals surface area contributed by atoms with E-state index in [-0.39, 0.29) is 24.1 Å². The van der Waals surface area contributed by atoms with E-state index in [0.29, 0.717) is 5.88 Å². The van der Waals surface area contributed by atoms with Crippen molar-refractivity contribution >= 4 is 5.91 Å². The lowest BCUT2D eigenvalue weighted by Crippen LogP contribution is -2.49. The lowest BCUT2D eigenvalue weighted by Gasteiger charge is -2.38. The van der Waals surface area contributed by atoms with E-state index in [0.717, 1.165) is 42.4 Å². The summed E-state index contributed by atoms with van der Waals surface area (Å²) in [7, 11) is 0. The molecule has 0 aliphatic carbocycles. The van der Waals surface area contributed by atoms with Gasteiger partial charge in [0, 0.05) is 42.8 Å². The van der Waals surface area contributed by atoms with Crippen LogP contribution in [0.25, 0.3) is 0 Å². The van der Waals surface area contributed by atoms with Crippen LogP contribution in [0.1, 0.15) is 47.2 Å². The quantitative estimate of drug-likeness (QED) is 0.853. The number of piperidine rings is 1. The molecule has 2 aliphatic rings. The highest BCUT2D eigenvalue weighted by Crippen LogP contribution is 2.38. The van der Waals surface area contributed by atoms with Crippen LogP contribution in [0.5, 0.6) is 5.88 Å². The van der Waals surface area contributed by atoms with Crippen molar-refractivity contribution in [3.05, 3.63) is 59.3 Å². The Morgan fingerprint density at radius 3 is 2.36 bits per heavy atom. The van der Waals surface area contributed by atoms with Crippen molar-refractivity contribution in [2.24, 2.45) is 0 Å². The highest BCUT2D eigenvalue weighted by molar-refractivity contribution is 5.95. The summed E-state index contributed by atoms with van der Waals surface area (Å²) in [5, 5.41) is 0. The van der Waals surface area contributed by atoms with Gasteiger partial charge in [-0.1, -0.05) is 23.3 Å². The number of ether oxygens (including phenoxy) is 1. The molecule has 2 fully saturated rings. The highest BCUT2D eigenvalue weighted by Gasteiger charge is 2.44. The Morgan fingerprint density at radius 2 is 1.76 bits per heavy atom. The fourth-order valence-corrected chi connectivity index (χ4v) is 4.39. The van der Waals surface area contributed by atoms with Crippen LogP contribution < -0.4 is 4.74 Å². The van der Waals surface area contributed by atoms with Crippen molar-refractivity contribution in [2.45, 2.75) is 57.7 Å². The average molecular weight is 336 g/mol. The van der Waals surface area contributed by atoms with E-state index in [1.165, 1.54) is 0 Å². The van der Waals surface area contributed by atoms with Gasteiger partial charge < -0.3 is 9.64 Å². The largest absolute Gasteiger partial charge is 0.474 e. The van der Waals surface area contributed by atoms with Gasteiger partial charge in [0.2, 0.25) is 5.88 Å². The summed E-state index contributed by atoms with van der Waals surface area (Å²) in [5.74, 6) is 0.858. The normalized spacial score (nSPS) is 25.0. The van der Waals surface area contributed by atoms with E-state index >= 15 is 0 Å². The summed E-state index contributed by atoms with van der Waals surface area (Å²) in [6, 6.07) is 12.4. The number of nitrogens with zero attached hydrogens (tertiary/aromatic N) is 2. The maximum Gasteiger partial charge on any atom is 0.254 e. The van der Waals surface area contributed by atoms with Crippen LogP contribution in [-0.4, -0.2) is 34.0 Å². The molecule has 25 heavy (non-hydrogen) atoms. The van der Waals surface area contributed by atoms with Crippen LogP contribution in [0.15, 0.2) is 42.6 Å². The number of rotatable bonds is 3. The van der Waals surface area contributed by atoms with Gasteiger partial charge in [0.15, 0.2) is 0 Å². The SMILES string of the molecule is Cc1cc(C)cc(C(=O)N2C3CCC2CC(Oc2ccccn2)C3)c1. The van der Waals surface area contributed by atoms with Crippen molar-refractivity contribution in [1.82, 2.24) is 9.88 Å². The molecule has 1 amide bonds. The second-order valence-corrected chi connectivity index (χ2v) is 7.35. The monoisotopic (exact) mass is 336 g/mol. The third-order valence-electron chi connectivity index (χ3n) is 5.32. The summed E-state index contributed by atoms with van der Waals surface area (Å²) in [6.07, 6.45) is 5.83. The van der Waals surface area contributed by atoms with Crippen LogP contribution in [0.2, 0.25) is 0 Å². The van der Waals surface area contributed by atoms with Crippen LogP contribution >= 0.6 is 0 Å². The number of carbonyl (C=O) groups is 1. The van der Waals surface area contributed by atoms with E-state index < -0.39 is 0 Å². The van der Waals surface area contributed by atoms with Gasteiger partial charge in [-0.2, -0.15) is 0 Å². The number of hydrogen-bond donors (Lipinski definition) is 0. The van der Waals surface area contributed by atoms with E-state index in [1.807, 2.05) is 44.2 Å². The number of aromatic nitrogens is 1. The number of benzene rings is 1. The summed E-state index contributed by atoms with van der Waals surface area (Å²) in [5.41, 5.74) is 3.10. The molecule has 4 rings (SSSR count). The van der Waals surface area contributed by atoms with Crippen molar-refractivity contribution < 1.29 is 9.53 Å². The van der Waals surface area contributed by atoms with Gasteiger partial charge in [0.05, 0.1) is 0 Å². The van der Waals surface area contributed by atoms with Gasteiger partial charge in [-0.25, -0.2) is 4.98 Å². The zero-order valence-corrected chi connectivity index (χ0v) is 14.8. The number of amides is 1. The number of hydrogen-bond acceptors (Lipinski definition) is 3. The summed E-state index contributed by atoms with van der Waals surface area (Å²) >= 11 is 0. The second kappa shape index (κ2) is 6.51. The minimum absolute atomic E-state index is 0.149. The smallest absolute Gasteiger partial charge is 0.254 e. The molecule has 2 aromatic rings. The molecule has 2 saturated heterocycles. The average Bonchev–Trinajstić information content (AvgIpc) is 2.85. The van der Waals surface area contributed by atoms with Crippen molar-refractivity contribution in [1.29, 1.82) is 0 Å². The van der Waals surface area contributed by atoms with Gasteiger partial charge in [0.1, 0.15) is 6.10 Å². The summed E-state index contributed by atoms with van der Waals surface area (Å²) in [4.78, 5) is 19.5. The molecule has 0 saturated carbocycles. The molecular formula is C21H24N2O2. The molecule has 3 heterocycles. The lowest BCUT2D eigenvalue weighted by atomic mass is 9.97. The molecule has 0 radical (unpaired) electrons. The number of fused-ring (bicyclic) bond motifs is 2. The summed E-state index contributed by atoms with van der Waals surface area (Å²) in [6.45, 7) is 4.09. The number of carbonyl (C=O) groups excluding carboxylic acids is 1. The van der Waals surface area contributed by atoms with E-state index in [2.05, 4.69) is 16.0 Å². The molecule has 1 aromatic carbocycles. The standard InChI is InChI=1S/C21H24N2O2/c1-14-9-15(2)11-16(10-14)21(24)23-17-6-7-18(23)13-19(12-17)25-20-5-3-4-8-22-20/h3-5,8-11,17-19H,6-7,12-13H2,1-2H3. The van der Waals surface area contributed by atoms with Gasteiger partial charge in [-0.3, -0.25) is 4.79 Å². The Balaban J connectivity index is 1.49. The van der Waals surface area contributed by atoms with Gasteiger partial charge in [0.25, 0.3) is 5.91 Å². The Hall–Kier alpha value is -2.36. The molecule has 2 atom stereocenters. The Morgan fingerprint density at radius 1 is 1.08 bits per heavy atom. The molecule has 1 aromatic heterocycles. The van der Waals surface area contributed by atoms with Crippen molar-refractivity contribution in [3.63, 3.8) is 0 Å². The van der Waals surface area contributed by atoms with E-state index in [9.17, 15) is 4.79 Å². The zero-order valence-electron chi connectivity index (χ0n) is 14.8. The Kier molecular flexibility index (Phi) is 4.20. The first-order valence-electron chi connectivity index (χ1n) is 9.09. The van der Waals surface area contributed by atoms with Crippen molar-refractivity contribution in [3.8, 4) is 5.88 Å². The molecule has 0 spiro atoms. The fourth-order valence-electron chi connectivity index (χ4n) is 4.39. The van der Waals surface area contributed by atoms with Gasteiger partial charge in [-0.15, -0.1) is 0 Å². The number of aryl methyl sites for hydroxylation is 2. The molecule has 4 heteroatoms. The number of pyridine rings is 1. The first-order chi connectivity index (χ1) is 12.1. The molecule has 0 N–H and O–H groups in total. The molecule has 130 valence electrons. The molecule has 4 nitrogen and oxygen atoms in total. The topological polar surface area (TPSA) is 42.4 Å². The highest BCUT2D eigenvalue weighted by atomic mass is 16.5. The predicted octanol–water partition coefficient (Wildman–Crippen LogP) is 3.91. The molecule has 2 aliphatic heterocycles. The lowest BCUT2D eigenvalue weighted by molar-refractivity contribution is 0.0348. The van der Waals surface area contributed by atoms with E-state index in [4.69, 9.17) is 4.74 Å². The summed E-state index contributed by atoms with van der Waals surface area (Å²) < 4.78 is 6.06. The Labute approximate surface area is 148 Å². The van der Waals surface area contributed by atoms with E-state index in [1.54, 1.807) is 6.20 Å². The minimum Gasteiger partial charge on any atom is -0.474 e.